The number of nitrogens with one attached hydrogen (secondary N) is 7. The molecule has 400 valence electrons. The summed E-state index contributed by atoms with van der Waals surface area (Å²) in [4.78, 5) is 112. The number of benzene rings is 3. The summed E-state index contributed by atoms with van der Waals surface area (Å²) in [5.41, 5.74) is 14.6. The van der Waals surface area contributed by atoms with Crippen LogP contribution in [0, 0.1) is 0 Å². The highest BCUT2D eigenvalue weighted by Crippen LogP contribution is 2.25. The van der Waals surface area contributed by atoms with Crippen molar-refractivity contribution in [1.82, 2.24) is 41.8 Å². The Kier molecular flexibility index (Phi) is 22.7. The van der Waals surface area contributed by atoms with Crippen molar-refractivity contribution in [1.29, 1.82) is 0 Å². The van der Waals surface area contributed by atoms with Gasteiger partial charge in [0.25, 0.3) is 0 Å². The van der Waals surface area contributed by atoms with Crippen molar-refractivity contribution >= 4 is 79.8 Å². The van der Waals surface area contributed by atoms with E-state index in [2.05, 4.69) is 37.2 Å². The number of aliphatic hydroxyl groups excluding tert-OH is 3. The zero-order valence-electron chi connectivity index (χ0n) is 41.0. The fourth-order valence-corrected chi connectivity index (χ4v) is 10.4. The Bertz CT molecular complexity index is 2550. The van der Waals surface area contributed by atoms with Gasteiger partial charge in [0.2, 0.25) is 41.4 Å². The van der Waals surface area contributed by atoms with E-state index < -0.39 is 115 Å². The lowest BCUT2D eigenvalue weighted by atomic mass is 10.0. The summed E-state index contributed by atoms with van der Waals surface area (Å²) >= 11 is 0. The highest BCUT2D eigenvalue weighted by atomic mass is 33.1. The molecule has 4 aromatic rings. The van der Waals surface area contributed by atoms with Crippen LogP contribution in [-0.2, 0) is 64.3 Å². The number of nitrogens with two attached hydrogens (primary N) is 2. The summed E-state index contributed by atoms with van der Waals surface area (Å²) in [7, 11) is 1.88. The Hall–Kier alpha value is -6.54. The highest BCUT2D eigenvalue weighted by molar-refractivity contribution is 8.76. The standard InChI is InChI=1S/C50H66N10O12S2/c1-28(62)41-49(70)57-39(48(69)59-42(29(2)63)50(71)72)26-74-73-25-38(56-43(64)34(52)21-30-13-5-3-6-14-30)47(68)54-36(22-31-15-7-4-8-16-31)45(66)55-37(46(67)53-35(44(65)58-41)18-11-12-20-51)23-32-24-60(27-61)40-19-10-9-17-33(32)40/h3-10,13-17,19,24,28-29,34-39,41-42,61-63H,11-12,18,20-23,25-27,51-52H2,1-2H3,(H,53,67)(H,54,68)(H,55,66)(H,56,64)(H,57,70)(H,58,65)(H,59,69)(H,71,72)/t28-,29-,34-,35+,36+,37-,38+,39+,41+,42+/m1/s1. The number of aliphatic hydroxyl groups is 3. The first-order valence-electron chi connectivity index (χ1n) is 24.1. The molecule has 1 fully saturated rings. The van der Waals surface area contributed by atoms with Gasteiger partial charge in [-0.25, -0.2) is 4.79 Å². The van der Waals surface area contributed by atoms with Crippen LogP contribution < -0.4 is 48.7 Å². The van der Waals surface area contributed by atoms with Crippen molar-refractivity contribution in [2.75, 3.05) is 18.1 Å². The van der Waals surface area contributed by atoms with Gasteiger partial charge in [0.05, 0.1) is 23.8 Å². The van der Waals surface area contributed by atoms with Gasteiger partial charge in [-0.15, -0.1) is 0 Å². The minimum absolute atomic E-state index is 0.0307. The first-order chi connectivity index (χ1) is 35.4. The number of unbranched alkanes of at least 4 members (excludes halogenated alkanes) is 1. The molecular weight excluding hydrogens is 997 g/mol. The van der Waals surface area contributed by atoms with Gasteiger partial charge in [-0.3, -0.25) is 33.6 Å². The number of aromatic nitrogens is 1. The van der Waals surface area contributed by atoms with Crippen molar-refractivity contribution in [2.45, 2.75) is 120 Å². The largest absolute Gasteiger partial charge is 0.480 e. The van der Waals surface area contributed by atoms with Crippen LogP contribution >= 0.6 is 21.6 Å². The predicted octanol–water partition coefficient (Wildman–Crippen LogP) is -1.29. The number of nitrogens with zero attached hydrogens (tertiary/aromatic N) is 1. The number of carboxylic acids is 1. The van der Waals surface area contributed by atoms with E-state index in [9.17, 15) is 58.8 Å². The van der Waals surface area contributed by atoms with Gasteiger partial charge < -0.3 is 73.7 Å². The maximum Gasteiger partial charge on any atom is 0.328 e. The summed E-state index contributed by atoms with van der Waals surface area (Å²) in [6, 6.07) is 12.7. The van der Waals surface area contributed by atoms with Gasteiger partial charge in [-0.05, 0) is 68.8 Å². The lowest BCUT2D eigenvalue weighted by molar-refractivity contribution is -0.145. The molecular formula is C50H66N10O12S2. The first-order valence-corrected chi connectivity index (χ1v) is 26.6. The van der Waals surface area contributed by atoms with E-state index in [0.717, 1.165) is 34.1 Å². The number of carbonyl (C=O) groups is 8. The molecule has 15 N–H and O–H groups in total. The van der Waals surface area contributed by atoms with Crippen LogP contribution in [0.25, 0.3) is 10.9 Å². The van der Waals surface area contributed by atoms with E-state index in [0.29, 0.717) is 34.9 Å². The number of para-hydroxylation sites is 1. The van der Waals surface area contributed by atoms with Crippen LogP contribution in [0.5, 0.6) is 0 Å². The van der Waals surface area contributed by atoms with E-state index in [1.54, 1.807) is 95.7 Å². The van der Waals surface area contributed by atoms with Crippen LogP contribution in [0.4, 0.5) is 0 Å². The number of amides is 7. The van der Waals surface area contributed by atoms with Gasteiger partial charge in [-0.2, -0.15) is 0 Å². The second-order valence-corrected chi connectivity index (χ2v) is 20.5. The molecule has 7 amide bonds. The van der Waals surface area contributed by atoms with Crippen LogP contribution in [0.1, 0.15) is 49.8 Å². The molecule has 0 aliphatic carbocycles. The number of carboxylic acid groups (broad SMARTS) is 1. The zero-order valence-corrected chi connectivity index (χ0v) is 42.6. The molecule has 1 saturated heterocycles. The summed E-state index contributed by atoms with van der Waals surface area (Å²) in [6.45, 7) is 2.14. The van der Waals surface area contributed by atoms with Crippen molar-refractivity contribution in [3.05, 3.63) is 108 Å². The topological polar surface area (TPSA) is 359 Å². The second kappa shape index (κ2) is 28.8. The third kappa shape index (κ3) is 17.0. The van der Waals surface area contributed by atoms with Gasteiger partial charge in [-0.1, -0.05) is 100 Å². The summed E-state index contributed by atoms with van der Waals surface area (Å²) in [5, 5.41) is 59.8. The Morgan fingerprint density at radius 2 is 1.31 bits per heavy atom. The minimum atomic E-state index is -1.81. The fourth-order valence-electron chi connectivity index (χ4n) is 8.07. The van der Waals surface area contributed by atoms with Gasteiger partial charge >= 0.3 is 5.97 Å². The Balaban J connectivity index is 1.59. The Morgan fingerprint density at radius 3 is 1.93 bits per heavy atom. The number of rotatable bonds is 18. The molecule has 0 saturated carbocycles. The van der Waals surface area contributed by atoms with Crippen LogP contribution in [0.2, 0.25) is 0 Å². The van der Waals surface area contributed by atoms with Crippen molar-refractivity contribution in [3.63, 3.8) is 0 Å². The predicted molar refractivity (Wildman–Crippen MR) is 278 cm³/mol. The summed E-state index contributed by atoms with van der Waals surface area (Å²) in [5.74, 6) is -8.47. The molecule has 1 aliphatic heterocycles. The molecule has 1 aliphatic rings. The summed E-state index contributed by atoms with van der Waals surface area (Å²) in [6.07, 6.45) is -1.08. The summed E-state index contributed by atoms with van der Waals surface area (Å²) < 4.78 is 1.54. The SMILES string of the molecule is C[C@@H](O)[C@H](NC(=O)[C@@H]1CSSC[C@H](NC(=O)[C@H](N)Cc2ccccc2)C(=O)N[C@@H](Cc2ccccc2)C(=O)N[C@H](Cc2cn(CO)c3ccccc23)C(=O)N[C@@H](CCCCN)C(=O)N[C@@H]([C@@H](C)O)C(=O)N1)C(=O)O. The molecule has 2 heterocycles. The van der Waals surface area contributed by atoms with Crippen molar-refractivity contribution in [3.8, 4) is 0 Å². The molecule has 0 radical (unpaired) electrons. The third-order valence-electron chi connectivity index (χ3n) is 12.1. The molecule has 10 atom stereocenters. The van der Waals surface area contributed by atoms with Crippen molar-refractivity contribution < 1.29 is 58.8 Å². The molecule has 24 heteroatoms. The molecule has 0 unspecified atom stereocenters. The Morgan fingerprint density at radius 1 is 0.730 bits per heavy atom. The highest BCUT2D eigenvalue weighted by Gasteiger charge is 2.37. The maximum absolute atomic E-state index is 14.8. The van der Waals surface area contributed by atoms with Crippen LogP contribution in [0.15, 0.2) is 91.1 Å². The lowest BCUT2D eigenvalue weighted by Gasteiger charge is -2.29. The minimum Gasteiger partial charge on any atom is -0.480 e. The van der Waals surface area contributed by atoms with E-state index in [1.807, 2.05) is 0 Å². The smallest absolute Gasteiger partial charge is 0.328 e. The van der Waals surface area contributed by atoms with E-state index in [-0.39, 0.29) is 43.7 Å². The fraction of sp³-hybridized carbons (Fsp3) is 0.440. The molecule has 5 rings (SSSR count). The van der Waals surface area contributed by atoms with Gasteiger partial charge in [0.1, 0.15) is 43.0 Å². The molecule has 0 bridgehead atoms. The molecule has 74 heavy (non-hydrogen) atoms. The average molecular weight is 1060 g/mol. The van der Waals surface area contributed by atoms with Crippen LogP contribution in [-0.4, -0.2) is 151 Å². The van der Waals surface area contributed by atoms with Crippen molar-refractivity contribution in [2.24, 2.45) is 11.5 Å². The average Bonchev–Trinajstić information content (AvgIpc) is 3.73. The quantitative estimate of drug-likeness (QED) is 0.0407. The zero-order chi connectivity index (χ0) is 53.9. The second-order valence-electron chi connectivity index (χ2n) is 17.9. The number of carbonyl (C=O) groups excluding carboxylic acids is 7. The van der Waals surface area contributed by atoms with E-state index in [4.69, 9.17) is 11.5 Å². The Labute approximate surface area is 435 Å². The van der Waals surface area contributed by atoms with Gasteiger partial charge in [0.15, 0.2) is 6.04 Å². The van der Waals surface area contributed by atoms with E-state index in [1.165, 1.54) is 6.92 Å². The van der Waals surface area contributed by atoms with E-state index >= 15 is 0 Å². The maximum atomic E-state index is 14.8. The molecule has 1 aromatic heterocycles. The van der Waals surface area contributed by atoms with Gasteiger partial charge in [0, 0.05) is 35.9 Å². The lowest BCUT2D eigenvalue weighted by Crippen LogP contribution is -2.62. The molecule has 3 aromatic carbocycles. The number of fused-ring (bicyclic) bond motifs is 1. The molecule has 22 nitrogen and oxygen atoms in total. The monoisotopic (exact) mass is 1060 g/mol. The number of hydrogen-bond acceptors (Lipinski definition) is 15. The first kappa shape index (κ1) is 58.4. The normalized spacial score (nSPS) is 22.3. The number of aliphatic carboxylic acids is 1. The number of hydrogen-bond donors (Lipinski definition) is 13. The molecule has 0 spiro atoms. The third-order valence-corrected chi connectivity index (χ3v) is 14.6. The van der Waals surface area contributed by atoms with Crippen LogP contribution in [0.3, 0.4) is 0 Å².